The maximum absolute atomic E-state index is 12.7. The smallest absolute Gasteiger partial charge is 0.306 e. The molecule has 0 spiro atoms. The number of unbranched alkanes of at least 4 members (excludes halogenated alkanes) is 10. The number of quaternary nitrogens is 1. The largest absolute Gasteiger partial charge is 0.544 e. The van der Waals surface area contributed by atoms with E-state index in [1.807, 2.05) is 0 Å². The van der Waals surface area contributed by atoms with Crippen LogP contribution in [0.2, 0.25) is 0 Å². The van der Waals surface area contributed by atoms with E-state index in [2.05, 4.69) is 111 Å². The number of allylic oxidation sites excluding steroid dienone is 16. The molecule has 8 heteroatoms. The molecule has 60 heavy (non-hydrogen) atoms. The van der Waals surface area contributed by atoms with Gasteiger partial charge in [0.2, 0.25) is 0 Å². The van der Waals surface area contributed by atoms with Crippen LogP contribution < -0.4 is 5.11 Å². The SMILES string of the molecule is CC/C=C/C/C=C/C/C=C/C/C=C/C/C=C/CCCCCCC(=O)OC(COCCC(C(=O)[O-])[N+](C)(C)C)COC(=O)CCCCCCCC/C=C/C/C=C/C/C=C/CC. The Balaban J connectivity index is 4.41. The van der Waals surface area contributed by atoms with Crippen molar-refractivity contribution < 1.29 is 38.2 Å². The highest BCUT2D eigenvalue weighted by Gasteiger charge is 2.25. The Hall–Kier alpha value is -3.75. The van der Waals surface area contributed by atoms with Crippen molar-refractivity contribution >= 4 is 17.9 Å². The molecule has 0 radical (unpaired) electrons. The summed E-state index contributed by atoms with van der Waals surface area (Å²) >= 11 is 0. The second-order valence-corrected chi connectivity index (χ2v) is 16.2. The monoisotopic (exact) mass is 836 g/mol. The second kappa shape index (κ2) is 42.0. The number of carbonyl (C=O) groups is 3. The third-order valence-corrected chi connectivity index (χ3v) is 9.72. The Labute approximate surface area is 366 Å². The molecule has 0 aromatic rings. The molecule has 0 amide bonds. The van der Waals surface area contributed by atoms with E-state index >= 15 is 0 Å². The number of nitrogens with zero attached hydrogens (tertiary/aromatic N) is 1. The van der Waals surface area contributed by atoms with Gasteiger partial charge in [-0.1, -0.05) is 150 Å². The molecule has 0 N–H and O–H groups in total. The first-order valence-electron chi connectivity index (χ1n) is 23.3. The van der Waals surface area contributed by atoms with Gasteiger partial charge in [0.25, 0.3) is 0 Å². The molecule has 8 nitrogen and oxygen atoms in total. The van der Waals surface area contributed by atoms with Gasteiger partial charge in [0.1, 0.15) is 12.6 Å². The van der Waals surface area contributed by atoms with Crippen molar-refractivity contribution in [1.29, 1.82) is 0 Å². The van der Waals surface area contributed by atoms with Gasteiger partial charge in [-0.05, 0) is 89.9 Å². The molecule has 0 aromatic heterocycles. The van der Waals surface area contributed by atoms with Gasteiger partial charge in [0.05, 0.1) is 40.3 Å². The van der Waals surface area contributed by atoms with E-state index in [0.717, 1.165) is 116 Å². The van der Waals surface area contributed by atoms with E-state index in [0.29, 0.717) is 6.42 Å². The predicted octanol–water partition coefficient (Wildman–Crippen LogP) is 11.7. The van der Waals surface area contributed by atoms with Crippen LogP contribution in [0.5, 0.6) is 0 Å². The van der Waals surface area contributed by atoms with Crippen LogP contribution in [0.15, 0.2) is 97.2 Å². The Kier molecular flexibility index (Phi) is 39.3. The van der Waals surface area contributed by atoms with Crippen LogP contribution in [-0.4, -0.2) is 75.5 Å². The standard InChI is InChI=1S/C52H85NO7/c1-6-8-10-12-14-16-18-20-22-24-25-26-27-29-31-33-35-37-39-41-43-51(55)60-48(46-58-45-44-49(52(56)57)53(3,4)5)47-59-50(54)42-40-38-36-34-32-30-28-23-21-19-17-15-13-11-9-7-2/h8-11,14-17,20-23,25-26,29,31,48-49H,6-7,12-13,18-19,24,27-28,30,32-47H2,1-5H3/b10-8+,11-9+,16-14+,17-15+,22-20+,23-21+,26-25+,31-29+. The first-order valence-corrected chi connectivity index (χ1v) is 23.3. The molecule has 2 atom stereocenters. The number of hydrogen-bond donors (Lipinski definition) is 0. The third-order valence-electron chi connectivity index (χ3n) is 9.72. The number of carbonyl (C=O) groups excluding carboxylic acids is 3. The fraction of sp³-hybridized carbons (Fsp3) is 0.635. The topological polar surface area (TPSA) is 102 Å². The van der Waals surface area contributed by atoms with Gasteiger partial charge in [0.15, 0.2) is 6.10 Å². The number of ether oxygens (including phenoxy) is 3. The maximum atomic E-state index is 12.7. The van der Waals surface area contributed by atoms with Gasteiger partial charge in [-0.25, -0.2) is 0 Å². The lowest BCUT2D eigenvalue weighted by Crippen LogP contribution is -2.55. The Morgan fingerprint density at radius 1 is 0.500 bits per heavy atom. The van der Waals surface area contributed by atoms with Gasteiger partial charge in [-0.2, -0.15) is 0 Å². The molecular formula is C52H85NO7. The molecule has 2 unspecified atom stereocenters. The molecule has 0 bridgehead atoms. The minimum Gasteiger partial charge on any atom is -0.544 e. The van der Waals surface area contributed by atoms with Crippen LogP contribution in [0.4, 0.5) is 0 Å². The average Bonchev–Trinajstić information content (AvgIpc) is 3.21. The Morgan fingerprint density at radius 3 is 1.30 bits per heavy atom. The Bertz CT molecular complexity index is 1300. The van der Waals surface area contributed by atoms with Gasteiger partial charge >= 0.3 is 11.9 Å². The molecule has 0 saturated heterocycles. The van der Waals surface area contributed by atoms with Crippen LogP contribution in [0.25, 0.3) is 0 Å². The number of hydrogen-bond acceptors (Lipinski definition) is 7. The molecule has 0 aliphatic heterocycles. The fourth-order valence-electron chi connectivity index (χ4n) is 6.17. The minimum atomic E-state index is -1.14. The molecule has 0 saturated carbocycles. The van der Waals surface area contributed by atoms with Gasteiger partial charge in [-0.15, -0.1) is 0 Å². The number of carboxylic acids is 1. The maximum Gasteiger partial charge on any atom is 0.306 e. The van der Waals surface area contributed by atoms with E-state index in [9.17, 15) is 19.5 Å². The number of rotatable bonds is 40. The Morgan fingerprint density at radius 2 is 0.883 bits per heavy atom. The first kappa shape index (κ1) is 56.2. The summed E-state index contributed by atoms with van der Waals surface area (Å²) in [6.45, 7) is 4.38. The average molecular weight is 836 g/mol. The first-order chi connectivity index (χ1) is 29.1. The summed E-state index contributed by atoms with van der Waals surface area (Å²) in [5, 5.41) is 11.6. The van der Waals surface area contributed by atoms with E-state index in [4.69, 9.17) is 14.2 Å². The normalized spacial score (nSPS) is 13.8. The predicted molar refractivity (Wildman–Crippen MR) is 249 cm³/mol. The molecule has 340 valence electrons. The number of aliphatic carboxylic acids is 1. The van der Waals surface area contributed by atoms with Crippen molar-refractivity contribution in [3.63, 3.8) is 0 Å². The highest BCUT2D eigenvalue weighted by atomic mass is 16.6. The third kappa shape index (κ3) is 39.7. The minimum absolute atomic E-state index is 0.0196. The van der Waals surface area contributed by atoms with Crippen molar-refractivity contribution in [2.45, 2.75) is 174 Å². The van der Waals surface area contributed by atoms with Crippen molar-refractivity contribution in [2.75, 3.05) is 41.0 Å². The summed E-state index contributed by atoms with van der Waals surface area (Å²) < 4.78 is 17.2. The van der Waals surface area contributed by atoms with Crippen LogP contribution in [0.1, 0.15) is 162 Å². The number of likely N-dealkylation sites (N-methyl/N-ethyl adjacent to an activating group) is 1. The molecule has 0 aliphatic carbocycles. The summed E-state index contributed by atoms with van der Waals surface area (Å²) in [6, 6.07) is -0.739. The number of esters is 2. The van der Waals surface area contributed by atoms with Gasteiger partial charge in [-0.3, -0.25) is 9.59 Å². The zero-order valence-corrected chi connectivity index (χ0v) is 38.6. The van der Waals surface area contributed by atoms with E-state index in [1.165, 1.54) is 12.8 Å². The van der Waals surface area contributed by atoms with Crippen LogP contribution in [0.3, 0.4) is 0 Å². The van der Waals surface area contributed by atoms with E-state index < -0.39 is 18.1 Å². The van der Waals surface area contributed by atoms with Gasteiger partial charge in [0, 0.05) is 19.3 Å². The van der Waals surface area contributed by atoms with E-state index in [-0.39, 0.29) is 49.1 Å². The van der Waals surface area contributed by atoms with E-state index in [1.54, 1.807) is 21.1 Å². The van der Waals surface area contributed by atoms with Crippen molar-refractivity contribution in [2.24, 2.45) is 0 Å². The summed E-state index contributed by atoms with van der Waals surface area (Å²) in [4.78, 5) is 36.9. The summed E-state index contributed by atoms with van der Waals surface area (Å²) in [7, 11) is 5.38. The van der Waals surface area contributed by atoms with Crippen LogP contribution in [-0.2, 0) is 28.6 Å². The highest BCUT2D eigenvalue weighted by molar-refractivity contribution is 5.70. The second-order valence-electron chi connectivity index (χ2n) is 16.2. The van der Waals surface area contributed by atoms with Crippen LogP contribution >= 0.6 is 0 Å². The summed E-state index contributed by atoms with van der Waals surface area (Å²) in [6.07, 6.45) is 55.7. The molecular weight excluding hydrogens is 751 g/mol. The van der Waals surface area contributed by atoms with Crippen molar-refractivity contribution in [3.05, 3.63) is 97.2 Å². The molecule has 0 rings (SSSR count). The highest BCUT2D eigenvalue weighted by Crippen LogP contribution is 2.13. The summed E-state index contributed by atoms with van der Waals surface area (Å²) in [5.74, 6) is -1.80. The van der Waals surface area contributed by atoms with Crippen molar-refractivity contribution in [3.8, 4) is 0 Å². The summed E-state index contributed by atoms with van der Waals surface area (Å²) in [5.41, 5.74) is 0. The molecule has 0 aromatic carbocycles. The zero-order chi connectivity index (χ0) is 44.2. The number of carboxylic acid groups (broad SMARTS) is 1. The lowest BCUT2D eigenvalue weighted by atomic mass is 10.1. The lowest BCUT2D eigenvalue weighted by molar-refractivity contribution is -0.889. The molecule has 0 heterocycles. The van der Waals surface area contributed by atoms with Crippen LogP contribution in [0, 0.1) is 0 Å². The quantitative estimate of drug-likeness (QED) is 0.0262. The van der Waals surface area contributed by atoms with Gasteiger partial charge < -0.3 is 28.6 Å². The zero-order valence-electron chi connectivity index (χ0n) is 38.6. The van der Waals surface area contributed by atoms with Crippen molar-refractivity contribution in [1.82, 2.24) is 0 Å². The molecule has 0 fully saturated rings. The fourth-order valence-corrected chi connectivity index (χ4v) is 6.17. The molecule has 0 aliphatic rings. The lowest BCUT2D eigenvalue weighted by Gasteiger charge is -2.34.